The molecule has 1 aromatic carbocycles. The minimum atomic E-state index is -0.451. The van der Waals surface area contributed by atoms with E-state index < -0.39 is 5.60 Å². The number of carbonyl (C=O) groups excluding carboxylic acids is 2. The number of aromatic nitrogens is 1. The van der Waals surface area contributed by atoms with Gasteiger partial charge in [-0.15, -0.1) is 0 Å². The zero-order valence-electron chi connectivity index (χ0n) is 15.8. The van der Waals surface area contributed by atoms with Crippen LogP contribution >= 0.6 is 0 Å². The maximum Gasteiger partial charge on any atom is 0.407 e. The van der Waals surface area contributed by atoms with Crippen molar-refractivity contribution in [1.29, 1.82) is 0 Å². The summed E-state index contributed by atoms with van der Waals surface area (Å²) in [7, 11) is 0. The number of rotatable bonds is 2. The summed E-state index contributed by atoms with van der Waals surface area (Å²) < 4.78 is 7.64. The van der Waals surface area contributed by atoms with Crippen LogP contribution in [0.25, 0.3) is 5.69 Å². The predicted octanol–water partition coefficient (Wildman–Crippen LogP) is 3.20. The SMILES string of the molecule is Cc1cc(C(=O)N2CCCC3(CC2)CNC(=O)O3)c(C)n1-c1ccccc1. The summed E-state index contributed by atoms with van der Waals surface area (Å²) >= 11 is 0. The van der Waals surface area contributed by atoms with Gasteiger partial charge >= 0.3 is 6.09 Å². The van der Waals surface area contributed by atoms with Crippen molar-refractivity contribution in [1.82, 2.24) is 14.8 Å². The highest BCUT2D eigenvalue weighted by Gasteiger charge is 2.42. The van der Waals surface area contributed by atoms with E-state index in [1.54, 1.807) is 0 Å². The molecule has 6 nitrogen and oxygen atoms in total. The van der Waals surface area contributed by atoms with Gasteiger partial charge in [0.25, 0.3) is 5.91 Å². The summed E-state index contributed by atoms with van der Waals surface area (Å²) in [5.41, 5.74) is 3.35. The van der Waals surface area contributed by atoms with Gasteiger partial charge in [0.15, 0.2) is 0 Å². The highest BCUT2D eigenvalue weighted by atomic mass is 16.6. The minimum Gasteiger partial charge on any atom is -0.441 e. The summed E-state index contributed by atoms with van der Waals surface area (Å²) in [6.45, 7) is 5.85. The fourth-order valence-corrected chi connectivity index (χ4v) is 4.28. The van der Waals surface area contributed by atoms with Gasteiger partial charge in [0.2, 0.25) is 0 Å². The van der Waals surface area contributed by atoms with Crippen molar-refractivity contribution in [2.75, 3.05) is 19.6 Å². The Balaban J connectivity index is 1.56. The second-order valence-electron chi connectivity index (χ2n) is 7.53. The summed E-state index contributed by atoms with van der Waals surface area (Å²) in [6, 6.07) is 12.1. The highest BCUT2D eigenvalue weighted by Crippen LogP contribution is 2.30. The molecule has 1 spiro atoms. The van der Waals surface area contributed by atoms with Crippen LogP contribution in [-0.2, 0) is 4.74 Å². The van der Waals surface area contributed by atoms with Gasteiger partial charge in [-0.3, -0.25) is 4.79 Å². The maximum atomic E-state index is 13.2. The molecule has 1 atom stereocenters. The number of nitrogens with one attached hydrogen (secondary N) is 1. The normalized spacial score (nSPS) is 22.4. The summed E-state index contributed by atoms with van der Waals surface area (Å²) in [4.78, 5) is 26.6. The molecule has 27 heavy (non-hydrogen) atoms. The van der Waals surface area contributed by atoms with Gasteiger partial charge < -0.3 is 19.5 Å². The molecule has 2 aliphatic heterocycles. The van der Waals surface area contributed by atoms with Crippen LogP contribution < -0.4 is 5.32 Å². The maximum absolute atomic E-state index is 13.2. The van der Waals surface area contributed by atoms with Crippen LogP contribution in [0, 0.1) is 13.8 Å². The van der Waals surface area contributed by atoms with E-state index in [1.807, 2.05) is 55.1 Å². The molecule has 1 N–H and O–H groups in total. The Labute approximate surface area is 159 Å². The molecule has 2 aromatic rings. The third-order valence-electron chi connectivity index (χ3n) is 5.73. The lowest BCUT2D eigenvalue weighted by atomic mass is 9.95. The summed E-state index contributed by atoms with van der Waals surface area (Å²) in [5, 5.41) is 2.75. The molecule has 0 radical (unpaired) electrons. The molecule has 6 heteroatoms. The zero-order valence-corrected chi connectivity index (χ0v) is 15.8. The lowest BCUT2D eigenvalue weighted by molar-refractivity contribution is 0.0438. The van der Waals surface area contributed by atoms with Crippen LogP contribution in [0.2, 0.25) is 0 Å². The molecule has 2 fully saturated rings. The molecular weight excluding hydrogens is 342 g/mol. The van der Waals surface area contributed by atoms with Gasteiger partial charge in [-0.05, 0) is 44.9 Å². The number of likely N-dealkylation sites (tertiary alicyclic amines) is 1. The Morgan fingerprint density at radius 2 is 1.93 bits per heavy atom. The second-order valence-corrected chi connectivity index (χ2v) is 7.53. The average molecular weight is 367 g/mol. The van der Waals surface area contributed by atoms with Gasteiger partial charge in [-0.2, -0.15) is 0 Å². The molecular formula is C21H25N3O3. The molecule has 2 amide bonds. The monoisotopic (exact) mass is 367 g/mol. The van der Waals surface area contributed by atoms with Crippen LogP contribution in [0.15, 0.2) is 36.4 Å². The number of nitrogens with zero attached hydrogens (tertiary/aromatic N) is 2. The van der Waals surface area contributed by atoms with Crippen LogP contribution in [-0.4, -0.2) is 46.7 Å². The molecule has 1 unspecified atom stereocenters. The highest BCUT2D eigenvalue weighted by molar-refractivity contribution is 5.96. The summed E-state index contributed by atoms with van der Waals surface area (Å²) in [5.74, 6) is 0.0552. The predicted molar refractivity (Wildman–Crippen MR) is 102 cm³/mol. The Kier molecular flexibility index (Phi) is 4.42. The number of alkyl carbamates (subject to hydrolysis) is 1. The summed E-state index contributed by atoms with van der Waals surface area (Å²) in [6.07, 6.45) is 1.95. The number of hydrogen-bond acceptors (Lipinski definition) is 3. The van der Waals surface area contributed by atoms with Crippen LogP contribution in [0.1, 0.15) is 41.0 Å². The lowest BCUT2D eigenvalue weighted by Gasteiger charge is -2.25. The smallest absolute Gasteiger partial charge is 0.407 e. The van der Waals surface area contributed by atoms with Gasteiger partial charge in [-0.1, -0.05) is 18.2 Å². The number of aryl methyl sites for hydroxylation is 1. The van der Waals surface area contributed by atoms with E-state index in [2.05, 4.69) is 9.88 Å². The number of carbonyl (C=O) groups is 2. The van der Waals surface area contributed by atoms with Crippen molar-refractivity contribution in [3.05, 3.63) is 53.3 Å². The van der Waals surface area contributed by atoms with Crippen LogP contribution in [0.3, 0.4) is 0 Å². The first-order valence-electron chi connectivity index (χ1n) is 9.50. The van der Waals surface area contributed by atoms with E-state index in [-0.39, 0.29) is 12.0 Å². The number of benzene rings is 1. The fourth-order valence-electron chi connectivity index (χ4n) is 4.28. The molecule has 4 rings (SSSR count). The van der Waals surface area contributed by atoms with E-state index in [4.69, 9.17) is 4.74 Å². The minimum absolute atomic E-state index is 0.0552. The Morgan fingerprint density at radius 1 is 1.15 bits per heavy atom. The molecule has 3 heterocycles. The quantitative estimate of drug-likeness (QED) is 0.887. The Morgan fingerprint density at radius 3 is 2.63 bits per heavy atom. The fraction of sp³-hybridized carbons (Fsp3) is 0.429. The molecule has 0 aliphatic carbocycles. The van der Waals surface area contributed by atoms with Gasteiger partial charge in [0, 0.05) is 36.6 Å². The number of hydrogen-bond donors (Lipinski definition) is 1. The van der Waals surface area contributed by atoms with Crippen LogP contribution in [0.4, 0.5) is 4.79 Å². The van der Waals surface area contributed by atoms with Crippen molar-refractivity contribution in [2.45, 2.75) is 38.7 Å². The van der Waals surface area contributed by atoms with Gasteiger partial charge in [-0.25, -0.2) is 4.79 Å². The molecule has 1 aromatic heterocycles. The van der Waals surface area contributed by atoms with Crippen molar-refractivity contribution < 1.29 is 14.3 Å². The topological polar surface area (TPSA) is 63.6 Å². The zero-order chi connectivity index (χ0) is 19.0. The average Bonchev–Trinajstić information content (AvgIpc) is 3.08. The first-order valence-corrected chi connectivity index (χ1v) is 9.50. The third kappa shape index (κ3) is 3.20. The number of ether oxygens (including phenoxy) is 1. The second kappa shape index (κ2) is 6.76. The molecule has 2 aliphatic rings. The van der Waals surface area contributed by atoms with E-state index in [0.29, 0.717) is 26.1 Å². The van der Waals surface area contributed by atoms with E-state index in [0.717, 1.165) is 35.5 Å². The number of para-hydroxylation sites is 1. The van der Waals surface area contributed by atoms with Crippen molar-refractivity contribution >= 4 is 12.0 Å². The van der Waals surface area contributed by atoms with E-state index in [9.17, 15) is 9.59 Å². The van der Waals surface area contributed by atoms with E-state index in [1.165, 1.54) is 0 Å². The van der Waals surface area contributed by atoms with Crippen molar-refractivity contribution in [3.63, 3.8) is 0 Å². The van der Waals surface area contributed by atoms with Gasteiger partial charge in [0.1, 0.15) is 5.60 Å². The lowest BCUT2D eigenvalue weighted by Crippen LogP contribution is -2.36. The standard InChI is InChI=1S/C21H25N3O3/c1-15-13-18(16(2)24(15)17-7-4-3-5-8-17)19(25)23-11-6-9-21(10-12-23)14-22-20(26)27-21/h3-5,7-8,13H,6,9-12,14H2,1-2H3,(H,22,26). The largest absolute Gasteiger partial charge is 0.441 e. The van der Waals surface area contributed by atoms with E-state index >= 15 is 0 Å². The first-order chi connectivity index (χ1) is 13.0. The molecule has 0 saturated carbocycles. The first kappa shape index (κ1) is 17.6. The third-order valence-corrected chi connectivity index (χ3v) is 5.73. The van der Waals surface area contributed by atoms with Crippen molar-refractivity contribution in [2.24, 2.45) is 0 Å². The Bertz CT molecular complexity index is 874. The molecule has 2 saturated heterocycles. The number of amides is 2. The van der Waals surface area contributed by atoms with Crippen molar-refractivity contribution in [3.8, 4) is 5.69 Å². The Hall–Kier alpha value is -2.76. The molecule has 0 bridgehead atoms. The van der Waals surface area contributed by atoms with Crippen LogP contribution in [0.5, 0.6) is 0 Å². The molecule has 142 valence electrons. The van der Waals surface area contributed by atoms with Gasteiger partial charge in [0.05, 0.1) is 12.1 Å².